The van der Waals surface area contributed by atoms with Gasteiger partial charge in [0.15, 0.2) is 0 Å². The summed E-state index contributed by atoms with van der Waals surface area (Å²) < 4.78 is 0. The molecule has 1 aromatic rings. The molecule has 0 aliphatic carbocycles. The van der Waals surface area contributed by atoms with Crippen molar-refractivity contribution in [1.82, 2.24) is 5.32 Å². The van der Waals surface area contributed by atoms with Crippen LogP contribution in [0.3, 0.4) is 0 Å². The fourth-order valence-electron chi connectivity index (χ4n) is 2.28. The molecule has 3 heteroatoms. The molecule has 108 valence electrons. The minimum atomic E-state index is 0.302. The minimum Gasteiger partial charge on any atom is -0.314 e. The lowest BCUT2D eigenvalue weighted by molar-refractivity contribution is 0.306. The molecule has 0 aromatic heterocycles. The van der Waals surface area contributed by atoms with E-state index >= 15 is 0 Å². The summed E-state index contributed by atoms with van der Waals surface area (Å²) in [6.45, 7) is 10.0. The molecule has 1 N–H and O–H groups in total. The van der Waals surface area contributed by atoms with Gasteiger partial charge in [0, 0.05) is 6.04 Å². The first-order valence-electron chi connectivity index (χ1n) is 6.99. The average molecular weight is 302 g/mol. The lowest BCUT2D eigenvalue weighted by Crippen LogP contribution is -2.35. The number of halogens is 2. The highest BCUT2D eigenvalue weighted by atomic mass is 35.5. The van der Waals surface area contributed by atoms with Gasteiger partial charge in [0.2, 0.25) is 0 Å². The Morgan fingerprint density at radius 1 is 1.21 bits per heavy atom. The molecule has 19 heavy (non-hydrogen) atoms. The lowest BCUT2D eigenvalue weighted by Gasteiger charge is -2.27. The van der Waals surface area contributed by atoms with E-state index in [1.165, 1.54) is 0 Å². The maximum Gasteiger partial charge on any atom is 0.0624 e. The topological polar surface area (TPSA) is 12.0 Å². The quantitative estimate of drug-likeness (QED) is 0.748. The first-order chi connectivity index (χ1) is 8.83. The van der Waals surface area contributed by atoms with Gasteiger partial charge in [0.25, 0.3) is 0 Å². The van der Waals surface area contributed by atoms with Crippen molar-refractivity contribution in [1.29, 1.82) is 0 Å². The van der Waals surface area contributed by atoms with Gasteiger partial charge in [-0.1, -0.05) is 63.0 Å². The van der Waals surface area contributed by atoms with Crippen LogP contribution in [0.1, 0.15) is 46.1 Å². The minimum absolute atomic E-state index is 0.302. The fraction of sp³-hybridized carbons (Fsp3) is 0.625. The highest BCUT2D eigenvalue weighted by Crippen LogP contribution is 2.29. The Labute approximate surface area is 127 Å². The van der Waals surface area contributed by atoms with Crippen LogP contribution in [-0.2, 0) is 6.42 Å². The summed E-state index contributed by atoms with van der Waals surface area (Å²) in [4.78, 5) is 0. The van der Waals surface area contributed by atoms with E-state index < -0.39 is 0 Å². The predicted octanol–water partition coefficient (Wildman–Crippen LogP) is 5.34. The van der Waals surface area contributed by atoms with Crippen molar-refractivity contribution in [2.45, 2.75) is 53.0 Å². The van der Waals surface area contributed by atoms with Crippen LogP contribution in [0.15, 0.2) is 18.2 Å². The third-order valence-electron chi connectivity index (χ3n) is 3.04. The van der Waals surface area contributed by atoms with Gasteiger partial charge in [0.05, 0.1) is 10.0 Å². The Morgan fingerprint density at radius 2 is 1.89 bits per heavy atom. The normalized spacial score (nSPS) is 13.6. The molecule has 0 aliphatic heterocycles. The SMILES string of the molecule is CCCNC(Cc1cccc(Cl)c1Cl)CC(C)(C)C. The Morgan fingerprint density at radius 3 is 2.47 bits per heavy atom. The zero-order valence-corrected chi connectivity index (χ0v) is 13.9. The summed E-state index contributed by atoms with van der Waals surface area (Å²) in [5.41, 5.74) is 1.43. The van der Waals surface area contributed by atoms with Crippen molar-refractivity contribution < 1.29 is 0 Å². The van der Waals surface area contributed by atoms with Gasteiger partial charge in [-0.05, 0) is 42.9 Å². The summed E-state index contributed by atoms with van der Waals surface area (Å²) in [5, 5.41) is 4.96. The van der Waals surface area contributed by atoms with E-state index in [9.17, 15) is 0 Å². The molecular weight excluding hydrogens is 277 g/mol. The van der Waals surface area contributed by atoms with E-state index in [4.69, 9.17) is 23.2 Å². The molecule has 0 fully saturated rings. The van der Waals surface area contributed by atoms with Crippen LogP contribution in [0.2, 0.25) is 10.0 Å². The lowest BCUT2D eigenvalue weighted by atomic mass is 9.86. The van der Waals surface area contributed by atoms with Crippen LogP contribution < -0.4 is 5.32 Å². The Balaban J connectivity index is 2.78. The Bertz CT molecular complexity index is 396. The number of hydrogen-bond acceptors (Lipinski definition) is 1. The van der Waals surface area contributed by atoms with Crippen LogP contribution >= 0.6 is 23.2 Å². The summed E-state index contributed by atoms with van der Waals surface area (Å²) in [7, 11) is 0. The van der Waals surface area contributed by atoms with E-state index in [2.05, 4.69) is 39.1 Å². The molecule has 0 amide bonds. The molecule has 1 unspecified atom stereocenters. The monoisotopic (exact) mass is 301 g/mol. The molecular formula is C16H25Cl2N. The van der Waals surface area contributed by atoms with Crippen LogP contribution in [0, 0.1) is 5.41 Å². The molecule has 1 aromatic carbocycles. The number of rotatable bonds is 6. The molecule has 0 aliphatic rings. The molecule has 1 nitrogen and oxygen atoms in total. The highest BCUT2D eigenvalue weighted by molar-refractivity contribution is 6.42. The predicted molar refractivity (Wildman–Crippen MR) is 86.3 cm³/mol. The number of hydrogen-bond donors (Lipinski definition) is 1. The van der Waals surface area contributed by atoms with Crippen molar-refractivity contribution in [3.05, 3.63) is 33.8 Å². The van der Waals surface area contributed by atoms with Crippen molar-refractivity contribution >= 4 is 23.2 Å². The van der Waals surface area contributed by atoms with Crippen LogP contribution in [0.5, 0.6) is 0 Å². The molecule has 0 spiro atoms. The second-order valence-electron chi connectivity index (χ2n) is 6.33. The standard InChI is InChI=1S/C16H25Cl2N/c1-5-9-19-13(11-16(2,3)4)10-12-7-6-8-14(17)15(12)18/h6-8,13,19H,5,9-11H2,1-4H3. The molecule has 0 heterocycles. The first kappa shape index (κ1) is 16.8. The summed E-state index contributed by atoms with van der Waals surface area (Å²) >= 11 is 12.4. The van der Waals surface area contributed by atoms with Gasteiger partial charge in [0.1, 0.15) is 0 Å². The summed E-state index contributed by atoms with van der Waals surface area (Å²) in [6.07, 6.45) is 3.19. The second-order valence-corrected chi connectivity index (χ2v) is 7.12. The Kier molecular flexibility index (Phi) is 6.65. The zero-order valence-electron chi connectivity index (χ0n) is 12.4. The van der Waals surface area contributed by atoms with E-state index in [-0.39, 0.29) is 0 Å². The average Bonchev–Trinajstić information content (AvgIpc) is 2.30. The summed E-state index contributed by atoms with van der Waals surface area (Å²) in [5.74, 6) is 0. The van der Waals surface area contributed by atoms with E-state index in [0.29, 0.717) is 21.5 Å². The van der Waals surface area contributed by atoms with Gasteiger partial charge >= 0.3 is 0 Å². The summed E-state index contributed by atoms with van der Waals surface area (Å²) in [6, 6.07) is 6.32. The van der Waals surface area contributed by atoms with Crippen molar-refractivity contribution in [3.8, 4) is 0 Å². The largest absolute Gasteiger partial charge is 0.314 e. The fourth-order valence-corrected chi connectivity index (χ4v) is 2.67. The number of nitrogens with one attached hydrogen (secondary N) is 1. The van der Waals surface area contributed by atoms with Crippen LogP contribution in [0.25, 0.3) is 0 Å². The molecule has 0 bridgehead atoms. The molecule has 1 atom stereocenters. The molecule has 1 rings (SSSR count). The van der Waals surface area contributed by atoms with Gasteiger partial charge in [-0.25, -0.2) is 0 Å². The zero-order chi connectivity index (χ0) is 14.5. The van der Waals surface area contributed by atoms with E-state index in [1.807, 2.05) is 12.1 Å². The third kappa shape index (κ3) is 6.16. The number of benzene rings is 1. The van der Waals surface area contributed by atoms with Gasteiger partial charge in [-0.3, -0.25) is 0 Å². The molecule has 0 saturated heterocycles. The van der Waals surface area contributed by atoms with Crippen molar-refractivity contribution in [2.75, 3.05) is 6.54 Å². The van der Waals surface area contributed by atoms with Crippen molar-refractivity contribution in [2.24, 2.45) is 5.41 Å². The van der Waals surface area contributed by atoms with Gasteiger partial charge < -0.3 is 5.32 Å². The molecule has 0 saturated carbocycles. The smallest absolute Gasteiger partial charge is 0.0624 e. The second kappa shape index (κ2) is 7.52. The van der Waals surface area contributed by atoms with Crippen molar-refractivity contribution in [3.63, 3.8) is 0 Å². The third-order valence-corrected chi connectivity index (χ3v) is 3.90. The van der Waals surface area contributed by atoms with Crippen LogP contribution in [-0.4, -0.2) is 12.6 Å². The first-order valence-corrected chi connectivity index (χ1v) is 7.75. The van der Waals surface area contributed by atoms with E-state index in [0.717, 1.165) is 31.4 Å². The van der Waals surface area contributed by atoms with Crippen LogP contribution in [0.4, 0.5) is 0 Å². The highest BCUT2D eigenvalue weighted by Gasteiger charge is 2.19. The maximum atomic E-state index is 6.28. The maximum absolute atomic E-state index is 6.28. The van der Waals surface area contributed by atoms with Gasteiger partial charge in [-0.15, -0.1) is 0 Å². The molecule has 0 radical (unpaired) electrons. The Hall–Kier alpha value is -0.240. The van der Waals surface area contributed by atoms with E-state index in [1.54, 1.807) is 0 Å². The van der Waals surface area contributed by atoms with Gasteiger partial charge in [-0.2, -0.15) is 0 Å².